The summed E-state index contributed by atoms with van der Waals surface area (Å²) in [5.41, 5.74) is 1.84. The molecule has 2 fully saturated rings. The fourth-order valence-corrected chi connectivity index (χ4v) is 4.68. The third-order valence-electron chi connectivity index (χ3n) is 6.37. The number of para-hydroxylation sites is 1. The van der Waals surface area contributed by atoms with E-state index in [-0.39, 0.29) is 17.9 Å². The molecule has 0 unspecified atom stereocenters. The summed E-state index contributed by atoms with van der Waals surface area (Å²) in [6.45, 7) is 5.87. The first-order chi connectivity index (χ1) is 14.0. The van der Waals surface area contributed by atoms with Gasteiger partial charge in [0.05, 0.1) is 5.56 Å². The molecule has 1 heterocycles. The number of benzene rings is 1. The largest absolute Gasteiger partial charge is 0.371 e. The topological polar surface area (TPSA) is 52.7 Å². The van der Waals surface area contributed by atoms with Crippen molar-refractivity contribution in [2.75, 3.05) is 25.0 Å². The lowest BCUT2D eigenvalue weighted by Crippen LogP contribution is -2.45. The van der Waals surface area contributed by atoms with Crippen molar-refractivity contribution >= 4 is 17.5 Å². The Bertz CT molecular complexity index is 689. The quantitative estimate of drug-likeness (QED) is 0.779. The zero-order chi connectivity index (χ0) is 20.8. The van der Waals surface area contributed by atoms with Gasteiger partial charge < -0.3 is 15.1 Å². The van der Waals surface area contributed by atoms with E-state index in [9.17, 15) is 9.59 Å². The Kier molecular flexibility index (Phi) is 7.57. The van der Waals surface area contributed by atoms with E-state index in [2.05, 4.69) is 30.1 Å². The molecule has 29 heavy (non-hydrogen) atoms. The summed E-state index contributed by atoms with van der Waals surface area (Å²) in [6, 6.07) is 8.62. The van der Waals surface area contributed by atoms with Crippen molar-refractivity contribution in [3.8, 4) is 0 Å². The molecule has 0 spiro atoms. The van der Waals surface area contributed by atoms with E-state index in [4.69, 9.17) is 0 Å². The minimum atomic E-state index is 0.139. The minimum absolute atomic E-state index is 0.139. The van der Waals surface area contributed by atoms with Crippen LogP contribution < -0.4 is 10.2 Å². The molecule has 0 radical (unpaired) electrons. The van der Waals surface area contributed by atoms with Gasteiger partial charge in [-0.3, -0.25) is 9.59 Å². The maximum absolute atomic E-state index is 13.3. The van der Waals surface area contributed by atoms with Gasteiger partial charge in [0.15, 0.2) is 0 Å². The molecule has 2 amide bonds. The Morgan fingerprint density at radius 3 is 2.38 bits per heavy atom. The Labute approximate surface area is 175 Å². The zero-order valence-electron chi connectivity index (χ0n) is 18.3. The van der Waals surface area contributed by atoms with Gasteiger partial charge in [0.25, 0.3) is 5.91 Å². The smallest absolute Gasteiger partial charge is 0.255 e. The van der Waals surface area contributed by atoms with Crippen LogP contribution in [0.3, 0.4) is 0 Å². The van der Waals surface area contributed by atoms with Crippen molar-refractivity contribution in [3.63, 3.8) is 0 Å². The van der Waals surface area contributed by atoms with Crippen molar-refractivity contribution in [1.82, 2.24) is 10.2 Å². The van der Waals surface area contributed by atoms with Crippen LogP contribution in [-0.4, -0.2) is 48.9 Å². The molecule has 160 valence electrons. The number of amides is 2. The van der Waals surface area contributed by atoms with Gasteiger partial charge in [-0.25, -0.2) is 0 Å². The molecular weight excluding hydrogens is 362 g/mol. The fourth-order valence-electron chi connectivity index (χ4n) is 4.68. The van der Waals surface area contributed by atoms with E-state index < -0.39 is 0 Å². The normalized spacial score (nSPS) is 18.7. The first kappa shape index (κ1) is 21.7. The van der Waals surface area contributed by atoms with E-state index in [1.807, 2.05) is 30.1 Å². The van der Waals surface area contributed by atoms with Crippen LogP contribution in [0, 0.1) is 5.92 Å². The van der Waals surface area contributed by atoms with E-state index in [0.29, 0.717) is 18.4 Å². The highest BCUT2D eigenvalue weighted by molar-refractivity contribution is 5.99. The second-order valence-electron chi connectivity index (χ2n) is 9.15. The van der Waals surface area contributed by atoms with Crippen molar-refractivity contribution in [3.05, 3.63) is 29.8 Å². The second-order valence-corrected chi connectivity index (χ2v) is 9.15. The van der Waals surface area contributed by atoms with Crippen LogP contribution in [0.5, 0.6) is 0 Å². The lowest BCUT2D eigenvalue weighted by molar-refractivity contribution is -0.122. The molecule has 5 heteroatoms. The summed E-state index contributed by atoms with van der Waals surface area (Å²) < 4.78 is 0. The van der Waals surface area contributed by atoms with E-state index >= 15 is 0 Å². The first-order valence-electron chi connectivity index (χ1n) is 11.4. The number of anilines is 1. The van der Waals surface area contributed by atoms with Crippen LogP contribution in [0.25, 0.3) is 0 Å². The first-order valence-corrected chi connectivity index (χ1v) is 11.4. The zero-order valence-corrected chi connectivity index (χ0v) is 18.3. The van der Waals surface area contributed by atoms with Crippen LogP contribution in [0.15, 0.2) is 24.3 Å². The van der Waals surface area contributed by atoms with Crippen molar-refractivity contribution < 1.29 is 9.59 Å². The molecule has 0 bridgehead atoms. The van der Waals surface area contributed by atoms with Gasteiger partial charge >= 0.3 is 0 Å². The molecule has 1 saturated heterocycles. The van der Waals surface area contributed by atoms with Gasteiger partial charge in [-0.15, -0.1) is 0 Å². The predicted octanol–water partition coefficient (Wildman–Crippen LogP) is 4.22. The van der Waals surface area contributed by atoms with Gasteiger partial charge in [-0.1, -0.05) is 45.2 Å². The highest BCUT2D eigenvalue weighted by Gasteiger charge is 2.27. The van der Waals surface area contributed by atoms with E-state index in [1.165, 1.54) is 19.3 Å². The molecule has 0 aromatic heterocycles. The second kappa shape index (κ2) is 10.1. The van der Waals surface area contributed by atoms with Gasteiger partial charge in [-0.05, 0) is 43.7 Å². The maximum atomic E-state index is 13.3. The van der Waals surface area contributed by atoms with Gasteiger partial charge in [0.2, 0.25) is 5.91 Å². The molecule has 1 aromatic carbocycles. The van der Waals surface area contributed by atoms with Gasteiger partial charge in [0.1, 0.15) is 0 Å². The molecule has 0 atom stereocenters. The Morgan fingerprint density at radius 1 is 1.07 bits per heavy atom. The molecule has 1 N–H and O–H groups in total. The Balaban J connectivity index is 1.62. The summed E-state index contributed by atoms with van der Waals surface area (Å²) in [5.74, 6) is 0.678. The van der Waals surface area contributed by atoms with Crippen LogP contribution in [0.2, 0.25) is 0 Å². The number of nitrogens with one attached hydrogen (secondary N) is 1. The lowest BCUT2D eigenvalue weighted by Gasteiger charge is -2.36. The SMILES string of the molecule is CC(C)CC(=O)NC1CCN(c2ccccc2C(=O)N(C)C2CCCCC2)CC1. The molecule has 3 rings (SSSR count). The van der Waals surface area contributed by atoms with Crippen LogP contribution >= 0.6 is 0 Å². The fraction of sp³-hybridized carbons (Fsp3) is 0.667. The van der Waals surface area contributed by atoms with Gasteiger partial charge in [0, 0.05) is 44.3 Å². The predicted molar refractivity (Wildman–Crippen MR) is 118 cm³/mol. The standard InChI is InChI=1S/C24H37N3O2/c1-18(2)17-23(28)25-19-13-15-27(16-14-19)22-12-8-7-11-21(22)24(29)26(3)20-9-5-4-6-10-20/h7-8,11-12,18-20H,4-6,9-10,13-17H2,1-3H3,(H,25,28). The molecule has 1 aromatic rings. The number of piperidine rings is 1. The summed E-state index contributed by atoms with van der Waals surface area (Å²) in [6.07, 6.45) is 8.40. The molecule has 1 saturated carbocycles. The van der Waals surface area contributed by atoms with Crippen LogP contribution in [-0.2, 0) is 4.79 Å². The summed E-state index contributed by atoms with van der Waals surface area (Å²) in [4.78, 5) is 29.6. The Morgan fingerprint density at radius 2 is 1.72 bits per heavy atom. The summed E-state index contributed by atoms with van der Waals surface area (Å²) in [5, 5.41) is 3.18. The summed E-state index contributed by atoms with van der Waals surface area (Å²) >= 11 is 0. The van der Waals surface area contributed by atoms with E-state index in [1.54, 1.807) is 0 Å². The van der Waals surface area contributed by atoms with Gasteiger partial charge in [-0.2, -0.15) is 0 Å². The highest BCUT2D eigenvalue weighted by Crippen LogP contribution is 2.28. The minimum Gasteiger partial charge on any atom is -0.371 e. The number of hydrogen-bond donors (Lipinski definition) is 1. The maximum Gasteiger partial charge on any atom is 0.255 e. The number of carbonyl (C=O) groups excluding carboxylic acids is 2. The third kappa shape index (κ3) is 5.74. The van der Waals surface area contributed by atoms with Crippen molar-refractivity contribution in [1.29, 1.82) is 0 Å². The van der Waals surface area contributed by atoms with E-state index in [0.717, 1.165) is 50.0 Å². The highest BCUT2D eigenvalue weighted by atomic mass is 16.2. The van der Waals surface area contributed by atoms with Crippen LogP contribution in [0.4, 0.5) is 5.69 Å². The summed E-state index contributed by atoms with van der Waals surface area (Å²) in [7, 11) is 1.96. The third-order valence-corrected chi connectivity index (χ3v) is 6.37. The molecule has 5 nitrogen and oxygen atoms in total. The van der Waals surface area contributed by atoms with Crippen molar-refractivity contribution in [2.24, 2.45) is 5.92 Å². The number of nitrogens with zero attached hydrogens (tertiary/aromatic N) is 2. The Hall–Kier alpha value is -2.04. The number of rotatable bonds is 6. The number of hydrogen-bond acceptors (Lipinski definition) is 3. The lowest BCUT2D eigenvalue weighted by atomic mass is 9.94. The number of carbonyl (C=O) groups is 2. The molecular formula is C24H37N3O2. The molecule has 2 aliphatic rings. The van der Waals surface area contributed by atoms with Crippen LogP contribution in [0.1, 0.15) is 75.6 Å². The molecule has 1 aliphatic heterocycles. The monoisotopic (exact) mass is 399 g/mol. The average molecular weight is 400 g/mol. The average Bonchev–Trinajstić information content (AvgIpc) is 2.73. The van der Waals surface area contributed by atoms with Crippen molar-refractivity contribution in [2.45, 2.75) is 77.3 Å². The molecule has 1 aliphatic carbocycles.